The van der Waals surface area contributed by atoms with E-state index in [1.54, 1.807) is 47.1 Å². The first-order chi connectivity index (χ1) is 14.0. The van der Waals surface area contributed by atoms with Crippen molar-refractivity contribution >= 4 is 28.8 Å². The lowest BCUT2D eigenvalue weighted by Gasteiger charge is -2.14. The van der Waals surface area contributed by atoms with Crippen LogP contribution in [0.5, 0.6) is 0 Å². The van der Waals surface area contributed by atoms with E-state index in [2.05, 4.69) is 20.7 Å². The van der Waals surface area contributed by atoms with Crippen molar-refractivity contribution in [2.45, 2.75) is 13.8 Å². The maximum atomic E-state index is 12.8. The van der Waals surface area contributed by atoms with Crippen molar-refractivity contribution in [3.8, 4) is 0 Å². The second-order valence-corrected chi connectivity index (χ2v) is 6.61. The average Bonchev–Trinajstić information content (AvgIpc) is 3.21. The quantitative estimate of drug-likeness (QED) is 0.558. The van der Waals surface area contributed by atoms with Crippen molar-refractivity contribution in [3.63, 3.8) is 0 Å². The van der Waals surface area contributed by atoms with E-state index < -0.39 is 0 Å². The lowest BCUT2D eigenvalue weighted by atomic mass is 10.1. The molecule has 2 heterocycles. The zero-order valence-corrected chi connectivity index (χ0v) is 16.0. The summed E-state index contributed by atoms with van der Waals surface area (Å²) in [7, 11) is 0. The minimum absolute atomic E-state index is 0.207. The summed E-state index contributed by atoms with van der Waals surface area (Å²) in [6, 6.07) is 16.1. The SMILES string of the molecule is Cc1c(NC(=O)c2ccccc2)cccc1NC(=O)c1cnc2ccnn2c1C. The molecule has 0 atom stereocenters. The molecule has 7 nitrogen and oxygen atoms in total. The molecule has 0 aliphatic heterocycles. The van der Waals surface area contributed by atoms with Gasteiger partial charge in [0.05, 0.1) is 17.5 Å². The van der Waals surface area contributed by atoms with Gasteiger partial charge in [-0.25, -0.2) is 9.50 Å². The number of hydrogen-bond acceptors (Lipinski definition) is 4. The maximum absolute atomic E-state index is 12.8. The predicted octanol–water partition coefficient (Wildman–Crippen LogP) is 3.85. The van der Waals surface area contributed by atoms with Gasteiger partial charge in [-0.05, 0) is 43.7 Å². The van der Waals surface area contributed by atoms with Gasteiger partial charge in [0, 0.05) is 29.2 Å². The van der Waals surface area contributed by atoms with E-state index in [1.165, 1.54) is 6.20 Å². The molecule has 0 spiro atoms. The summed E-state index contributed by atoms with van der Waals surface area (Å²) in [6.07, 6.45) is 3.18. The summed E-state index contributed by atoms with van der Waals surface area (Å²) < 4.78 is 1.62. The molecular weight excluding hydrogens is 366 g/mol. The molecule has 2 aromatic carbocycles. The number of aromatic nitrogens is 3. The number of benzene rings is 2. The van der Waals surface area contributed by atoms with Crippen LogP contribution in [0.25, 0.3) is 5.65 Å². The van der Waals surface area contributed by atoms with E-state index in [0.717, 1.165) is 5.56 Å². The number of nitrogens with one attached hydrogen (secondary N) is 2. The zero-order chi connectivity index (χ0) is 20.4. The summed E-state index contributed by atoms with van der Waals surface area (Å²) in [5.41, 5.74) is 4.38. The molecule has 7 heteroatoms. The van der Waals surface area contributed by atoms with Crippen molar-refractivity contribution in [2.24, 2.45) is 0 Å². The summed E-state index contributed by atoms with van der Waals surface area (Å²) in [6.45, 7) is 3.66. The molecule has 4 rings (SSSR count). The third kappa shape index (κ3) is 3.58. The van der Waals surface area contributed by atoms with Crippen LogP contribution in [-0.2, 0) is 0 Å². The van der Waals surface area contributed by atoms with Gasteiger partial charge in [0.2, 0.25) is 0 Å². The van der Waals surface area contributed by atoms with Crippen LogP contribution in [-0.4, -0.2) is 26.4 Å². The summed E-state index contributed by atoms with van der Waals surface area (Å²) in [5, 5.41) is 9.99. The Labute approximate surface area is 167 Å². The van der Waals surface area contributed by atoms with Crippen LogP contribution in [0.3, 0.4) is 0 Å². The van der Waals surface area contributed by atoms with Crippen molar-refractivity contribution < 1.29 is 9.59 Å². The molecule has 0 saturated carbocycles. The highest BCUT2D eigenvalue weighted by atomic mass is 16.2. The highest BCUT2D eigenvalue weighted by Gasteiger charge is 2.16. The van der Waals surface area contributed by atoms with Gasteiger partial charge < -0.3 is 10.6 Å². The van der Waals surface area contributed by atoms with Crippen LogP contribution in [0.2, 0.25) is 0 Å². The summed E-state index contributed by atoms with van der Waals surface area (Å²) in [5.74, 6) is -0.497. The third-order valence-electron chi connectivity index (χ3n) is 4.77. The lowest BCUT2D eigenvalue weighted by Crippen LogP contribution is -2.18. The molecule has 2 aromatic heterocycles. The molecule has 0 unspecified atom stereocenters. The Balaban J connectivity index is 1.57. The van der Waals surface area contributed by atoms with Crippen LogP contribution in [0, 0.1) is 13.8 Å². The highest BCUT2D eigenvalue weighted by molar-refractivity contribution is 6.07. The largest absolute Gasteiger partial charge is 0.322 e. The van der Waals surface area contributed by atoms with Crippen LogP contribution < -0.4 is 10.6 Å². The van der Waals surface area contributed by atoms with Gasteiger partial charge in [0.25, 0.3) is 11.8 Å². The summed E-state index contributed by atoms with van der Waals surface area (Å²) in [4.78, 5) is 29.5. The average molecular weight is 385 g/mol. The summed E-state index contributed by atoms with van der Waals surface area (Å²) >= 11 is 0. The van der Waals surface area contributed by atoms with Crippen LogP contribution in [0.1, 0.15) is 32.0 Å². The standard InChI is InChI=1S/C22H19N5O2/c1-14-18(25-21(28)16-7-4-3-5-8-16)9-6-10-19(14)26-22(29)17-13-23-20-11-12-24-27(20)15(17)2/h3-13H,1-2H3,(H,25,28)(H,26,29). The Kier molecular flexibility index (Phi) is 4.78. The predicted molar refractivity (Wildman–Crippen MR) is 111 cm³/mol. The molecule has 0 fully saturated rings. The fourth-order valence-corrected chi connectivity index (χ4v) is 3.09. The minimum atomic E-state index is -0.290. The van der Waals surface area contributed by atoms with Gasteiger partial charge in [-0.2, -0.15) is 5.10 Å². The Hall–Kier alpha value is -4.00. The molecule has 2 N–H and O–H groups in total. The Morgan fingerprint density at radius 3 is 2.28 bits per heavy atom. The monoisotopic (exact) mass is 385 g/mol. The van der Waals surface area contributed by atoms with E-state index in [0.29, 0.717) is 33.8 Å². The molecule has 0 saturated heterocycles. The molecule has 0 bridgehead atoms. The first kappa shape index (κ1) is 18.4. The number of carbonyl (C=O) groups excluding carboxylic acids is 2. The third-order valence-corrected chi connectivity index (χ3v) is 4.77. The van der Waals surface area contributed by atoms with Gasteiger partial charge in [0.15, 0.2) is 5.65 Å². The zero-order valence-electron chi connectivity index (χ0n) is 16.0. The fraction of sp³-hybridized carbons (Fsp3) is 0.0909. The highest BCUT2D eigenvalue weighted by Crippen LogP contribution is 2.25. The molecule has 0 radical (unpaired) electrons. The van der Waals surface area contributed by atoms with Gasteiger partial charge in [-0.1, -0.05) is 24.3 Å². The number of anilines is 2. The number of carbonyl (C=O) groups is 2. The van der Waals surface area contributed by atoms with Gasteiger partial charge >= 0.3 is 0 Å². The van der Waals surface area contributed by atoms with E-state index in [-0.39, 0.29) is 11.8 Å². The molecule has 2 amide bonds. The Bertz CT molecular complexity index is 1210. The molecule has 0 aliphatic rings. The normalized spacial score (nSPS) is 10.7. The van der Waals surface area contributed by atoms with Crippen molar-refractivity contribution in [1.29, 1.82) is 0 Å². The van der Waals surface area contributed by atoms with Gasteiger partial charge in [0.1, 0.15) is 0 Å². The molecular formula is C22H19N5O2. The Morgan fingerprint density at radius 2 is 1.55 bits per heavy atom. The lowest BCUT2D eigenvalue weighted by molar-refractivity contribution is 0.101. The van der Waals surface area contributed by atoms with Crippen molar-refractivity contribution in [3.05, 3.63) is 89.4 Å². The number of nitrogens with zero attached hydrogens (tertiary/aromatic N) is 3. The topological polar surface area (TPSA) is 88.4 Å². The van der Waals surface area contributed by atoms with E-state index in [4.69, 9.17) is 0 Å². The van der Waals surface area contributed by atoms with Crippen molar-refractivity contribution in [2.75, 3.05) is 10.6 Å². The second-order valence-electron chi connectivity index (χ2n) is 6.61. The molecule has 4 aromatic rings. The van der Waals surface area contributed by atoms with E-state index in [1.807, 2.05) is 32.0 Å². The molecule has 29 heavy (non-hydrogen) atoms. The van der Waals surface area contributed by atoms with Crippen LogP contribution >= 0.6 is 0 Å². The van der Waals surface area contributed by atoms with Gasteiger partial charge in [-0.15, -0.1) is 0 Å². The first-order valence-corrected chi connectivity index (χ1v) is 9.11. The maximum Gasteiger partial charge on any atom is 0.259 e. The van der Waals surface area contributed by atoms with Crippen LogP contribution in [0.4, 0.5) is 11.4 Å². The minimum Gasteiger partial charge on any atom is -0.322 e. The smallest absolute Gasteiger partial charge is 0.259 e. The van der Waals surface area contributed by atoms with Crippen molar-refractivity contribution in [1.82, 2.24) is 14.6 Å². The van der Waals surface area contributed by atoms with Gasteiger partial charge in [-0.3, -0.25) is 9.59 Å². The number of rotatable bonds is 4. The van der Waals surface area contributed by atoms with E-state index >= 15 is 0 Å². The molecule has 0 aliphatic carbocycles. The number of fused-ring (bicyclic) bond motifs is 1. The number of aryl methyl sites for hydroxylation is 1. The van der Waals surface area contributed by atoms with E-state index in [9.17, 15) is 9.59 Å². The fourth-order valence-electron chi connectivity index (χ4n) is 3.09. The molecule has 144 valence electrons. The Morgan fingerprint density at radius 1 is 0.862 bits per heavy atom. The number of amides is 2. The number of hydrogen-bond donors (Lipinski definition) is 2. The van der Waals surface area contributed by atoms with Crippen LogP contribution in [0.15, 0.2) is 67.0 Å². The second kappa shape index (κ2) is 7.55. The first-order valence-electron chi connectivity index (χ1n) is 9.11.